The Morgan fingerprint density at radius 3 is 2.89 bits per heavy atom. The van der Waals surface area contributed by atoms with Crippen LogP contribution < -0.4 is 5.32 Å². The smallest absolute Gasteiger partial charge is 0.0758 e. The fraction of sp³-hybridized carbons (Fsp3) is 0.438. The minimum absolute atomic E-state index is 0.596. The normalized spacial score (nSPS) is 16.7. The average Bonchev–Trinajstić information content (AvgIpc) is 3.22. The van der Waals surface area contributed by atoms with E-state index >= 15 is 0 Å². The van der Waals surface area contributed by atoms with Crippen LogP contribution >= 0.6 is 15.9 Å². The van der Waals surface area contributed by atoms with Crippen LogP contribution in [-0.4, -0.2) is 11.5 Å². The molecule has 0 atom stereocenters. The third-order valence-corrected chi connectivity index (χ3v) is 5.01. The largest absolute Gasteiger partial charge is 0.312 e. The van der Waals surface area contributed by atoms with Crippen LogP contribution in [0.25, 0.3) is 10.9 Å². The van der Waals surface area contributed by atoms with Gasteiger partial charge in [0.25, 0.3) is 0 Å². The second-order valence-corrected chi connectivity index (χ2v) is 6.42. The van der Waals surface area contributed by atoms with Gasteiger partial charge in [-0.05, 0) is 42.4 Å². The molecule has 1 saturated carbocycles. The van der Waals surface area contributed by atoms with Gasteiger partial charge in [0.1, 0.15) is 0 Å². The number of nitrogens with zero attached hydrogens (tertiary/aromatic N) is 1. The third-order valence-electron chi connectivity index (χ3n) is 4.32. The molecule has 1 aliphatic carbocycles. The lowest BCUT2D eigenvalue weighted by molar-refractivity contribution is 0.444. The van der Waals surface area contributed by atoms with Crippen molar-refractivity contribution >= 4 is 26.8 Å². The lowest BCUT2D eigenvalue weighted by Gasteiger charge is -2.14. The molecule has 0 saturated heterocycles. The minimum atomic E-state index is 0.596. The maximum atomic E-state index is 4.52. The number of aromatic nitrogens is 1. The van der Waals surface area contributed by atoms with Gasteiger partial charge in [-0.15, -0.1) is 0 Å². The average molecular weight is 319 g/mol. The molecule has 0 spiro atoms. The van der Waals surface area contributed by atoms with Crippen molar-refractivity contribution in [2.75, 3.05) is 6.54 Å². The number of pyridine rings is 1. The Balaban J connectivity index is 1.76. The predicted octanol–water partition coefficient (Wildman–Crippen LogP) is 4.28. The van der Waals surface area contributed by atoms with Crippen molar-refractivity contribution in [1.82, 2.24) is 10.3 Å². The summed E-state index contributed by atoms with van der Waals surface area (Å²) in [7, 11) is 0. The first-order valence-electron chi connectivity index (χ1n) is 6.97. The molecule has 0 amide bonds. The second kappa shape index (κ2) is 5.22. The summed E-state index contributed by atoms with van der Waals surface area (Å²) in [6, 6.07) is 8.39. The number of fused-ring (bicyclic) bond motifs is 1. The van der Waals surface area contributed by atoms with E-state index in [2.05, 4.69) is 51.4 Å². The highest BCUT2D eigenvalue weighted by Gasteiger charge is 2.39. The Kier molecular flexibility index (Phi) is 3.59. The lowest BCUT2D eigenvalue weighted by atomic mass is 10.0. The monoisotopic (exact) mass is 318 g/mol. The van der Waals surface area contributed by atoms with Crippen molar-refractivity contribution in [2.24, 2.45) is 5.41 Å². The molecule has 0 bridgehead atoms. The first kappa shape index (κ1) is 13.1. The van der Waals surface area contributed by atoms with Crippen LogP contribution in [0.15, 0.2) is 34.9 Å². The van der Waals surface area contributed by atoms with E-state index in [1.165, 1.54) is 30.2 Å². The molecular formula is C16H19BrN2. The van der Waals surface area contributed by atoms with Crippen molar-refractivity contribution in [3.05, 3.63) is 40.5 Å². The molecule has 100 valence electrons. The number of rotatable bonds is 5. The molecule has 3 heteroatoms. The van der Waals surface area contributed by atoms with Gasteiger partial charge in [0.05, 0.1) is 5.52 Å². The Labute approximate surface area is 122 Å². The van der Waals surface area contributed by atoms with Crippen LogP contribution in [0, 0.1) is 5.41 Å². The van der Waals surface area contributed by atoms with Gasteiger partial charge in [0.2, 0.25) is 0 Å². The molecule has 0 radical (unpaired) electrons. The van der Waals surface area contributed by atoms with Gasteiger partial charge in [-0.3, -0.25) is 4.98 Å². The molecule has 0 aliphatic heterocycles. The molecule has 19 heavy (non-hydrogen) atoms. The van der Waals surface area contributed by atoms with E-state index in [0.717, 1.165) is 23.1 Å². The molecule has 1 N–H and O–H groups in total. The van der Waals surface area contributed by atoms with E-state index < -0.39 is 0 Å². The van der Waals surface area contributed by atoms with Crippen molar-refractivity contribution in [3.8, 4) is 0 Å². The molecule has 1 aromatic carbocycles. The Hall–Kier alpha value is -0.930. The van der Waals surface area contributed by atoms with Crippen molar-refractivity contribution in [2.45, 2.75) is 32.7 Å². The predicted molar refractivity (Wildman–Crippen MR) is 83.1 cm³/mol. The lowest BCUT2D eigenvalue weighted by Crippen LogP contribution is -2.23. The van der Waals surface area contributed by atoms with Gasteiger partial charge in [0, 0.05) is 29.1 Å². The van der Waals surface area contributed by atoms with E-state index in [1.54, 1.807) is 0 Å². The summed E-state index contributed by atoms with van der Waals surface area (Å²) in [5.41, 5.74) is 2.98. The fourth-order valence-corrected chi connectivity index (χ4v) is 3.09. The molecule has 1 heterocycles. The minimum Gasteiger partial charge on any atom is -0.312 e. The summed E-state index contributed by atoms with van der Waals surface area (Å²) >= 11 is 3.59. The Morgan fingerprint density at radius 1 is 1.32 bits per heavy atom. The SMILES string of the molecule is CCC1(CNCc2ccc(Br)c3cccnc23)CC1. The highest BCUT2D eigenvalue weighted by atomic mass is 79.9. The number of nitrogens with one attached hydrogen (secondary N) is 1. The molecule has 2 aromatic rings. The summed E-state index contributed by atoms with van der Waals surface area (Å²) in [4.78, 5) is 4.52. The van der Waals surface area contributed by atoms with Crippen LogP contribution in [0.3, 0.4) is 0 Å². The van der Waals surface area contributed by atoms with E-state index in [-0.39, 0.29) is 0 Å². The summed E-state index contributed by atoms with van der Waals surface area (Å²) in [5.74, 6) is 0. The van der Waals surface area contributed by atoms with Gasteiger partial charge in [0.15, 0.2) is 0 Å². The van der Waals surface area contributed by atoms with Crippen LogP contribution in [0.1, 0.15) is 31.7 Å². The second-order valence-electron chi connectivity index (χ2n) is 5.56. The molecule has 1 aliphatic rings. The number of hydrogen-bond donors (Lipinski definition) is 1. The molecule has 0 unspecified atom stereocenters. The zero-order valence-corrected chi connectivity index (χ0v) is 12.8. The zero-order valence-electron chi connectivity index (χ0n) is 11.2. The highest BCUT2D eigenvalue weighted by Crippen LogP contribution is 2.47. The van der Waals surface area contributed by atoms with E-state index in [0.29, 0.717) is 5.41 Å². The van der Waals surface area contributed by atoms with Crippen LogP contribution in [0.2, 0.25) is 0 Å². The molecule has 1 aromatic heterocycles. The first-order chi connectivity index (χ1) is 9.24. The van der Waals surface area contributed by atoms with Crippen LogP contribution in [-0.2, 0) is 6.54 Å². The topological polar surface area (TPSA) is 24.9 Å². The molecule has 2 nitrogen and oxygen atoms in total. The summed E-state index contributed by atoms with van der Waals surface area (Å²) in [6.45, 7) is 4.34. The number of benzene rings is 1. The van der Waals surface area contributed by atoms with Crippen LogP contribution in [0.4, 0.5) is 0 Å². The van der Waals surface area contributed by atoms with Crippen LogP contribution in [0.5, 0.6) is 0 Å². The van der Waals surface area contributed by atoms with Crippen molar-refractivity contribution in [3.63, 3.8) is 0 Å². The standard InChI is InChI=1S/C16H19BrN2/c1-2-16(7-8-16)11-18-10-12-5-6-14(17)13-4-3-9-19-15(12)13/h3-6,9,18H,2,7-8,10-11H2,1H3. The highest BCUT2D eigenvalue weighted by molar-refractivity contribution is 9.10. The molecule has 3 rings (SSSR count). The van der Waals surface area contributed by atoms with E-state index in [4.69, 9.17) is 0 Å². The summed E-state index contributed by atoms with van der Waals surface area (Å²) in [5, 5.41) is 4.80. The number of hydrogen-bond acceptors (Lipinski definition) is 2. The van der Waals surface area contributed by atoms with Gasteiger partial charge in [-0.1, -0.05) is 35.0 Å². The van der Waals surface area contributed by atoms with Gasteiger partial charge >= 0.3 is 0 Å². The Bertz CT molecular complexity index is 590. The van der Waals surface area contributed by atoms with Crippen molar-refractivity contribution < 1.29 is 0 Å². The quantitative estimate of drug-likeness (QED) is 0.890. The van der Waals surface area contributed by atoms with Gasteiger partial charge < -0.3 is 5.32 Å². The van der Waals surface area contributed by atoms with Gasteiger partial charge in [-0.2, -0.15) is 0 Å². The molecule has 1 fully saturated rings. The Morgan fingerprint density at radius 2 is 2.16 bits per heavy atom. The fourth-order valence-electron chi connectivity index (χ4n) is 2.63. The van der Waals surface area contributed by atoms with Gasteiger partial charge in [-0.25, -0.2) is 0 Å². The van der Waals surface area contributed by atoms with E-state index in [9.17, 15) is 0 Å². The number of halogens is 1. The third kappa shape index (κ3) is 2.67. The first-order valence-corrected chi connectivity index (χ1v) is 7.76. The van der Waals surface area contributed by atoms with E-state index in [1.807, 2.05) is 12.3 Å². The van der Waals surface area contributed by atoms with Crippen molar-refractivity contribution in [1.29, 1.82) is 0 Å². The zero-order chi connectivity index (χ0) is 13.3. The maximum Gasteiger partial charge on any atom is 0.0758 e. The maximum absolute atomic E-state index is 4.52. The summed E-state index contributed by atoms with van der Waals surface area (Å²) in [6.07, 6.45) is 5.93. The summed E-state index contributed by atoms with van der Waals surface area (Å²) < 4.78 is 1.12. The molecular weight excluding hydrogens is 300 g/mol.